The van der Waals surface area contributed by atoms with Crippen LogP contribution in [0.15, 0.2) is 24.3 Å². The summed E-state index contributed by atoms with van der Waals surface area (Å²) in [6.07, 6.45) is 0.958. The zero-order valence-corrected chi connectivity index (χ0v) is 16.5. The molecule has 2 saturated heterocycles. The number of anilines is 1. The summed E-state index contributed by atoms with van der Waals surface area (Å²) in [5, 5.41) is 0. The predicted molar refractivity (Wildman–Crippen MR) is 102 cm³/mol. The highest BCUT2D eigenvalue weighted by molar-refractivity contribution is 7.91. The van der Waals surface area contributed by atoms with Gasteiger partial charge in [-0.2, -0.15) is 0 Å². The van der Waals surface area contributed by atoms with Gasteiger partial charge < -0.3 is 9.64 Å². The number of hydrogen-bond donors (Lipinski definition) is 0. The molecule has 0 unspecified atom stereocenters. The summed E-state index contributed by atoms with van der Waals surface area (Å²) < 4.78 is 30.1. The van der Waals surface area contributed by atoms with Gasteiger partial charge in [-0.05, 0) is 50.1 Å². The van der Waals surface area contributed by atoms with Crippen LogP contribution in [0.4, 0.5) is 5.69 Å². The smallest absolute Gasteiger partial charge is 0.241 e. The molecular formula is C19H28N2O4S. The van der Waals surface area contributed by atoms with Gasteiger partial charge in [-0.25, -0.2) is 8.42 Å². The molecule has 2 atom stereocenters. The van der Waals surface area contributed by atoms with Crippen LogP contribution >= 0.6 is 0 Å². The summed E-state index contributed by atoms with van der Waals surface area (Å²) in [7, 11) is -3.14. The lowest BCUT2D eigenvalue weighted by Gasteiger charge is -2.43. The first-order valence-electron chi connectivity index (χ1n) is 9.30. The van der Waals surface area contributed by atoms with Gasteiger partial charge in [0.15, 0.2) is 9.84 Å². The molecule has 2 heterocycles. The van der Waals surface area contributed by atoms with Gasteiger partial charge in [0.05, 0.1) is 30.7 Å². The van der Waals surface area contributed by atoms with Gasteiger partial charge in [0, 0.05) is 11.7 Å². The summed E-state index contributed by atoms with van der Waals surface area (Å²) >= 11 is 0. The third kappa shape index (κ3) is 4.04. The second kappa shape index (κ2) is 7.56. The molecule has 144 valence electrons. The van der Waals surface area contributed by atoms with E-state index in [0.717, 1.165) is 24.4 Å². The Kier molecular flexibility index (Phi) is 5.58. The second-order valence-corrected chi connectivity index (χ2v) is 9.71. The van der Waals surface area contributed by atoms with E-state index < -0.39 is 9.84 Å². The molecule has 0 saturated carbocycles. The van der Waals surface area contributed by atoms with Crippen LogP contribution in [0.5, 0.6) is 5.75 Å². The normalized spacial score (nSPS) is 25.5. The average Bonchev–Trinajstić information content (AvgIpc) is 2.89. The molecule has 0 aliphatic carbocycles. The van der Waals surface area contributed by atoms with E-state index in [4.69, 9.17) is 4.74 Å². The van der Waals surface area contributed by atoms with E-state index in [-0.39, 0.29) is 36.0 Å². The van der Waals surface area contributed by atoms with Crippen molar-refractivity contribution in [3.63, 3.8) is 0 Å². The van der Waals surface area contributed by atoms with Crippen molar-refractivity contribution < 1.29 is 17.9 Å². The van der Waals surface area contributed by atoms with E-state index in [1.165, 1.54) is 0 Å². The molecule has 0 bridgehead atoms. The summed E-state index contributed by atoms with van der Waals surface area (Å²) in [5.41, 5.74) is 0.745. The maximum atomic E-state index is 12.9. The molecule has 0 radical (unpaired) electrons. The van der Waals surface area contributed by atoms with Crippen LogP contribution in [-0.2, 0) is 14.6 Å². The fraction of sp³-hybridized carbons (Fsp3) is 0.632. The fourth-order valence-electron chi connectivity index (χ4n) is 3.83. The Bertz CT molecular complexity index is 745. The molecule has 2 aliphatic rings. The number of hydrogen-bond acceptors (Lipinski definition) is 5. The van der Waals surface area contributed by atoms with E-state index in [1.54, 1.807) is 4.90 Å². The molecule has 0 N–H and O–H groups in total. The van der Waals surface area contributed by atoms with Crippen molar-refractivity contribution in [2.75, 3.05) is 36.1 Å². The molecule has 0 aromatic heterocycles. The number of rotatable bonds is 6. The summed E-state index contributed by atoms with van der Waals surface area (Å²) in [5.74, 6) is 1.41. The molecule has 3 rings (SSSR count). The first-order chi connectivity index (χ1) is 12.3. The van der Waals surface area contributed by atoms with E-state index in [9.17, 15) is 13.2 Å². The Morgan fingerprint density at radius 2 is 1.81 bits per heavy atom. The maximum Gasteiger partial charge on any atom is 0.241 e. The van der Waals surface area contributed by atoms with Gasteiger partial charge in [-0.15, -0.1) is 0 Å². The van der Waals surface area contributed by atoms with Gasteiger partial charge >= 0.3 is 0 Å². The lowest BCUT2D eigenvalue weighted by molar-refractivity contribution is -0.123. The van der Waals surface area contributed by atoms with E-state index in [1.807, 2.05) is 31.2 Å². The van der Waals surface area contributed by atoms with Crippen LogP contribution in [0.25, 0.3) is 0 Å². The lowest BCUT2D eigenvalue weighted by Crippen LogP contribution is -2.62. The highest BCUT2D eigenvalue weighted by Crippen LogP contribution is 2.32. The Labute approximate surface area is 156 Å². The SMILES string of the molecule is CCOc1ccc(N2C(=O)CN(CCC(C)C)[C@H]3CS(=O)(=O)C[C@H]32)cc1. The predicted octanol–water partition coefficient (Wildman–Crippen LogP) is 1.95. The maximum absolute atomic E-state index is 12.9. The highest BCUT2D eigenvalue weighted by atomic mass is 32.2. The number of sulfone groups is 1. The monoisotopic (exact) mass is 380 g/mol. The molecule has 1 aromatic carbocycles. The number of ether oxygens (including phenoxy) is 1. The van der Waals surface area contributed by atoms with Crippen LogP contribution < -0.4 is 9.64 Å². The van der Waals surface area contributed by atoms with E-state index in [2.05, 4.69) is 18.7 Å². The summed E-state index contributed by atoms with van der Waals surface area (Å²) in [4.78, 5) is 16.6. The van der Waals surface area contributed by atoms with Crippen LogP contribution in [0.1, 0.15) is 27.2 Å². The number of carbonyl (C=O) groups excluding carboxylic acids is 1. The topological polar surface area (TPSA) is 66.9 Å². The third-order valence-electron chi connectivity index (χ3n) is 5.12. The van der Waals surface area contributed by atoms with Crippen molar-refractivity contribution in [2.45, 2.75) is 39.3 Å². The summed E-state index contributed by atoms with van der Waals surface area (Å²) in [6.45, 7) is 7.81. The van der Waals surface area contributed by atoms with Gasteiger partial charge in [0.2, 0.25) is 5.91 Å². The van der Waals surface area contributed by atoms with Crippen molar-refractivity contribution >= 4 is 21.4 Å². The Hall–Kier alpha value is -1.60. The van der Waals surface area contributed by atoms with Crippen LogP contribution in [0, 0.1) is 5.92 Å². The van der Waals surface area contributed by atoms with Crippen LogP contribution in [0.2, 0.25) is 0 Å². The van der Waals surface area contributed by atoms with Crippen molar-refractivity contribution in [3.8, 4) is 5.75 Å². The Morgan fingerprint density at radius 3 is 2.42 bits per heavy atom. The molecule has 6 nitrogen and oxygen atoms in total. The number of nitrogens with zero attached hydrogens (tertiary/aromatic N) is 2. The number of benzene rings is 1. The number of amides is 1. The quantitative estimate of drug-likeness (QED) is 0.755. The molecule has 2 fully saturated rings. The first kappa shape index (κ1) is 19.2. The highest BCUT2D eigenvalue weighted by Gasteiger charge is 2.49. The standard InChI is InChI=1S/C19H28N2O4S/c1-4-25-16-7-5-15(6-8-16)21-18-13-26(23,24)12-17(18)20(11-19(21)22)10-9-14(2)3/h5-8,14,17-18H,4,9-13H2,1-3H3/t17-,18+/m0/s1. The zero-order chi connectivity index (χ0) is 18.9. The molecular weight excluding hydrogens is 352 g/mol. The van der Waals surface area contributed by atoms with Gasteiger partial charge in [-0.3, -0.25) is 9.69 Å². The minimum absolute atomic E-state index is 0.0312. The molecule has 0 spiro atoms. The van der Waals surface area contributed by atoms with E-state index >= 15 is 0 Å². The number of piperazine rings is 1. The van der Waals surface area contributed by atoms with Crippen molar-refractivity contribution in [1.29, 1.82) is 0 Å². The van der Waals surface area contributed by atoms with E-state index in [0.29, 0.717) is 12.5 Å². The van der Waals surface area contributed by atoms with Crippen molar-refractivity contribution in [2.24, 2.45) is 5.92 Å². The second-order valence-electron chi connectivity index (χ2n) is 7.56. The Balaban J connectivity index is 1.86. The van der Waals surface area contributed by atoms with Crippen molar-refractivity contribution in [1.82, 2.24) is 4.90 Å². The fourth-order valence-corrected chi connectivity index (χ4v) is 5.81. The average molecular weight is 381 g/mol. The summed E-state index contributed by atoms with van der Waals surface area (Å²) in [6, 6.07) is 6.91. The third-order valence-corrected chi connectivity index (χ3v) is 6.82. The van der Waals surface area contributed by atoms with Crippen molar-refractivity contribution in [3.05, 3.63) is 24.3 Å². The number of fused-ring (bicyclic) bond motifs is 1. The number of carbonyl (C=O) groups is 1. The van der Waals surface area contributed by atoms with Gasteiger partial charge in [0.25, 0.3) is 0 Å². The van der Waals surface area contributed by atoms with Crippen LogP contribution in [-0.4, -0.2) is 62.5 Å². The first-order valence-corrected chi connectivity index (χ1v) is 11.1. The minimum Gasteiger partial charge on any atom is -0.494 e. The molecule has 26 heavy (non-hydrogen) atoms. The molecule has 1 aromatic rings. The zero-order valence-electron chi connectivity index (χ0n) is 15.7. The molecule has 2 aliphatic heterocycles. The minimum atomic E-state index is -3.14. The lowest BCUT2D eigenvalue weighted by atomic mass is 10.0. The molecule has 7 heteroatoms. The van der Waals surface area contributed by atoms with Gasteiger partial charge in [-0.1, -0.05) is 13.8 Å². The van der Waals surface area contributed by atoms with Gasteiger partial charge in [0.1, 0.15) is 5.75 Å². The van der Waals surface area contributed by atoms with Crippen LogP contribution in [0.3, 0.4) is 0 Å². The Morgan fingerprint density at radius 1 is 1.15 bits per heavy atom. The molecule has 1 amide bonds. The largest absolute Gasteiger partial charge is 0.494 e.